The second-order valence-corrected chi connectivity index (χ2v) is 5.41. The van der Waals surface area contributed by atoms with E-state index in [-0.39, 0.29) is 28.5 Å². The molecule has 1 aromatic carbocycles. The molecule has 0 aliphatic carbocycles. The van der Waals surface area contributed by atoms with Crippen molar-refractivity contribution in [3.63, 3.8) is 0 Å². The summed E-state index contributed by atoms with van der Waals surface area (Å²) in [5, 5.41) is 11.9. The maximum Gasteiger partial charge on any atom is 0.336 e. The summed E-state index contributed by atoms with van der Waals surface area (Å²) in [6.45, 7) is 7.95. The molecular weight excluding hydrogens is 230 g/mol. The highest BCUT2D eigenvalue weighted by molar-refractivity contribution is 6.04. The van der Waals surface area contributed by atoms with Crippen LogP contribution in [0.15, 0.2) is 24.3 Å². The van der Waals surface area contributed by atoms with Crippen molar-refractivity contribution in [1.82, 2.24) is 5.32 Å². The molecule has 4 nitrogen and oxygen atoms in total. The molecule has 0 spiro atoms. The monoisotopic (exact) mass is 249 g/mol. The molecule has 0 heterocycles. The van der Waals surface area contributed by atoms with Crippen LogP contribution in [0.5, 0.6) is 0 Å². The molecule has 0 aliphatic heterocycles. The van der Waals surface area contributed by atoms with E-state index in [1.807, 2.05) is 27.7 Å². The van der Waals surface area contributed by atoms with Crippen LogP contribution in [0.3, 0.4) is 0 Å². The van der Waals surface area contributed by atoms with Crippen LogP contribution in [0.4, 0.5) is 0 Å². The lowest BCUT2D eigenvalue weighted by Gasteiger charge is -2.28. The molecule has 1 aromatic rings. The van der Waals surface area contributed by atoms with Crippen LogP contribution in [-0.4, -0.2) is 23.0 Å². The number of nitrogens with one attached hydrogen (secondary N) is 1. The maximum atomic E-state index is 12.1. The Kier molecular flexibility index (Phi) is 4.11. The molecule has 0 bridgehead atoms. The van der Waals surface area contributed by atoms with Gasteiger partial charge in [0, 0.05) is 6.04 Å². The Balaban J connectivity index is 2.95. The highest BCUT2D eigenvalue weighted by Gasteiger charge is 2.24. The zero-order valence-electron chi connectivity index (χ0n) is 11.2. The minimum absolute atomic E-state index is 0.0242. The minimum atomic E-state index is -1.09. The highest BCUT2D eigenvalue weighted by Crippen LogP contribution is 2.19. The Hall–Kier alpha value is -1.84. The lowest BCUT2D eigenvalue weighted by molar-refractivity contribution is 0.0690. The Morgan fingerprint density at radius 2 is 1.67 bits per heavy atom. The average molecular weight is 249 g/mol. The maximum absolute atomic E-state index is 12.1. The average Bonchev–Trinajstić information content (AvgIpc) is 2.27. The van der Waals surface area contributed by atoms with E-state index in [9.17, 15) is 9.59 Å². The summed E-state index contributed by atoms with van der Waals surface area (Å²) in [5.74, 6) is -1.44. The first-order valence-corrected chi connectivity index (χ1v) is 5.86. The number of amides is 1. The molecule has 0 unspecified atom stereocenters. The lowest BCUT2D eigenvalue weighted by atomic mass is 9.88. The van der Waals surface area contributed by atoms with E-state index in [4.69, 9.17) is 5.11 Å². The number of rotatable bonds is 3. The zero-order chi connectivity index (χ0) is 13.9. The van der Waals surface area contributed by atoms with Crippen LogP contribution in [0.25, 0.3) is 0 Å². The van der Waals surface area contributed by atoms with Gasteiger partial charge in [0.1, 0.15) is 0 Å². The quantitative estimate of drug-likeness (QED) is 0.865. The molecule has 0 radical (unpaired) electrons. The number of carboxylic acids is 1. The summed E-state index contributed by atoms with van der Waals surface area (Å²) < 4.78 is 0. The standard InChI is InChI=1S/C14H19NO3/c1-9(14(2,3)4)15-12(16)10-7-5-6-8-11(10)13(17)18/h5-9H,1-4H3,(H,15,16)(H,17,18)/t9-/m1/s1. The number of carbonyl (C=O) groups is 2. The largest absolute Gasteiger partial charge is 0.478 e. The van der Waals surface area contributed by atoms with Gasteiger partial charge in [0.15, 0.2) is 0 Å². The summed E-state index contributed by atoms with van der Waals surface area (Å²) in [5.41, 5.74) is 0.144. The van der Waals surface area contributed by atoms with Crippen molar-refractivity contribution in [2.75, 3.05) is 0 Å². The summed E-state index contributed by atoms with van der Waals surface area (Å²) in [4.78, 5) is 23.1. The van der Waals surface area contributed by atoms with E-state index in [1.54, 1.807) is 12.1 Å². The van der Waals surface area contributed by atoms with Gasteiger partial charge >= 0.3 is 5.97 Å². The Bertz CT molecular complexity index is 460. The Morgan fingerprint density at radius 1 is 1.17 bits per heavy atom. The second-order valence-electron chi connectivity index (χ2n) is 5.41. The molecule has 2 N–H and O–H groups in total. The van der Waals surface area contributed by atoms with Gasteiger partial charge in [-0.1, -0.05) is 32.9 Å². The normalized spacial score (nSPS) is 12.9. The van der Waals surface area contributed by atoms with E-state index in [0.717, 1.165) is 0 Å². The molecule has 0 saturated heterocycles. The highest BCUT2D eigenvalue weighted by atomic mass is 16.4. The van der Waals surface area contributed by atoms with Crippen molar-refractivity contribution in [3.05, 3.63) is 35.4 Å². The van der Waals surface area contributed by atoms with Gasteiger partial charge in [0.25, 0.3) is 5.91 Å². The van der Waals surface area contributed by atoms with Gasteiger partial charge in [-0.15, -0.1) is 0 Å². The van der Waals surface area contributed by atoms with E-state index < -0.39 is 5.97 Å². The van der Waals surface area contributed by atoms with Crippen LogP contribution in [0.2, 0.25) is 0 Å². The molecule has 98 valence electrons. The number of hydrogen-bond acceptors (Lipinski definition) is 2. The Morgan fingerprint density at radius 3 is 2.11 bits per heavy atom. The van der Waals surface area contributed by atoms with Gasteiger partial charge in [-0.05, 0) is 24.5 Å². The second kappa shape index (κ2) is 5.21. The topological polar surface area (TPSA) is 66.4 Å². The third kappa shape index (κ3) is 3.32. The van der Waals surface area contributed by atoms with Crippen molar-refractivity contribution in [2.45, 2.75) is 33.7 Å². The van der Waals surface area contributed by atoms with Gasteiger partial charge in [-0.2, -0.15) is 0 Å². The number of benzene rings is 1. The molecule has 4 heteroatoms. The third-order valence-electron chi connectivity index (χ3n) is 3.05. The van der Waals surface area contributed by atoms with E-state index in [1.165, 1.54) is 12.1 Å². The summed E-state index contributed by atoms with van der Waals surface area (Å²) in [7, 11) is 0. The van der Waals surface area contributed by atoms with Gasteiger partial charge in [0.2, 0.25) is 0 Å². The van der Waals surface area contributed by atoms with Gasteiger partial charge in [-0.25, -0.2) is 4.79 Å². The Labute approximate surface area is 107 Å². The minimum Gasteiger partial charge on any atom is -0.478 e. The van der Waals surface area contributed by atoms with Crippen LogP contribution in [0.1, 0.15) is 48.4 Å². The predicted octanol–water partition coefficient (Wildman–Crippen LogP) is 2.55. The molecule has 0 aliphatic rings. The summed E-state index contributed by atoms with van der Waals surface area (Å²) >= 11 is 0. The molecular formula is C14H19NO3. The van der Waals surface area contributed by atoms with Crippen molar-refractivity contribution in [3.8, 4) is 0 Å². The van der Waals surface area contributed by atoms with E-state index >= 15 is 0 Å². The zero-order valence-corrected chi connectivity index (χ0v) is 11.2. The SMILES string of the molecule is C[C@@H](NC(=O)c1ccccc1C(=O)O)C(C)(C)C. The smallest absolute Gasteiger partial charge is 0.336 e. The number of carbonyl (C=O) groups excluding carboxylic acids is 1. The molecule has 0 saturated carbocycles. The van der Waals surface area contributed by atoms with Crippen molar-refractivity contribution < 1.29 is 14.7 Å². The fourth-order valence-corrected chi connectivity index (χ4v) is 1.36. The van der Waals surface area contributed by atoms with E-state index in [2.05, 4.69) is 5.32 Å². The van der Waals surface area contributed by atoms with E-state index in [0.29, 0.717) is 0 Å². The van der Waals surface area contributed by atoms with Crippen molar-refractivity contribution >= 4 is 11.9 Å². The number of carboxylic acid groups (broad SMARTS) is 1. The summed E-state index contributed by atoms with van der Waals surface area (Å²) in [6.07, 6.45) is 0. The predicted molar refractivity (Wildman–Crippen MR) is 69.8 cm³/mol. The summed E-state index contributed by atoms with van der Waals surface area (Å²) in [6, 6.07) is 6.16. The number of aromatic carboxylic acids is 1. The molecule has 18 heavy (non-hydrogen) atoms. The van der Waals surface area contributed by atoms with Crippen LogP contribution in [-0.2, 0) is 0 Å². The van der Waals surface area contributed by atoms with Crippen molar-refractivity contribution in [1.29, 1.82) is 0 Å². The fraction of sp³-hybridized carbons (Fsp3) is 0.429. The first kappa shape index (κ1) is 14.2. The fourth-order valence-electron chi connectivity index (χ4n) is 1.36. The van der Waals surface area contributed by atoms with Crippen LogP contribution in [0, 0.1) is 5.41 Å². The van der Waals surface area contributed by atoms with Gasteiger partial charge < -0.3 is 10.4 Å². The molecule has 1 rings (SSSR count). The molecule has 1 atom stereocenters. The first-order chi connectivity index (χ1) is 8.23. The lowest BCUT2D eigenvalue weighted by Crippen LogP contribution is -2.41. The molecule has 0 aromatic heterocycles. The van der Waals surface area contributed by atoms with Gasteiger partial charge in [-0.3, -0.25) is 4.79 Å². The molecule has 1 amide bonds. The first-order valence-electron chi connectivity index (χ1n) is 5.86. The van der Waals surface area contributed by atoms with Gasteiger partial charge in [0.05, 0.1) is 11.1 Å². The third-order valence-corrected chi connectivity index (χ3v) is 3.05. The van der Waals surface area contributed by atoms with Crippen LogP contribution < -0.4 is 5.32 Å². The number of hydrogen-bond donors (Lipinski definition) is 2. The van der Waals surface area contributed by atoms with Crippen molar-refractivity contribution in [2.24, 2.45) is 5.41 Å². The van der Waals surface area contributed by atoms with Crippen LogP contribution >= 0.6 is 0 Å². The molecule has 0 fully saturated rings.